The number of carbonyl (C=O) groups excluding carboxylic acids is 1. The van der Waals surface area contributed by atoms with Crippen LogP contribution in [-0.4, -0.2) is 43.4 Å². The molecule has 2 aromatic heterocycles. The van der Waals surface area contributed by atoms with Crippen LogP contribution in [-0.2, 0) is 11.3 Å². The summed E-state index contributed by atoms with van der Waals surface area (Å²) in [5.41, 5.74) is 2.92. The van der Waals surface area contributed by atoms with Gasteiger partial charge in [-0.25, -0.2) is 0 Å². The topological polar surface area (TPSA) is 63.9 Å². The van der Waals surface area contributed by atoms with E-state index in [9.17, 15) is 4.79 Å². The Labute approximate surface area is 193 Å². The van der Waals surface area contributed by atoms with E-state index >= 15 is 0 Å². The third kappa shape index (κ3) is 5.03. The summed E-state index contributed by atoms with van der Waals surface area (Å²) in [6.45, 7) is 0.536. The van der Waals surface area contributed by atoms with E-state index in [1.54, 1.807) is 17.3 Å². The van der Waals surface area contributed by atoms with Crippen LogP contribution < -0.4 is 0 Å². The maximum absolute atomic E-state index is 12.8. The van der Waals surface area contributed by atoms with E-state index in [-0.39, 0.29) is 11.7 Å². The Kier molecular flexibility index (Phi) is 6.79. The number of hydrogen-bond donors (Lipinski definition) is 0. The van der Waals surface area contributed by atoms with Crippen LogP contribution in [0.5, 0.6) is 0 Å². The van der Waals surface area contributed by atoms with Gasteiger partial charge in [-0.05, 0) is 35.9 Å². The second kappa shape index (κ2) is 9.89. The lowest BCUT2D eigenvalue weighted by atomic mass is 10.2. The van der Waals surface area contributed by atoms with Crippen molar-refractivity contribution in [1.82, 2.24) is 24.6 Å². The lowest BCUT2D eigenvalue weighted by Crippen LogP contribution is -2.28. The Hall–Kier alpha value is -2.97. The number of carbonyl (C=O) groups is 1. The fourth-order valence-corrected chi connectivity index (χ4v) is 4.37. The molecule has 0 spiro atoms. The smallest absolute Gasteiger partial charge is 0.233 e. The molecule has 0 saturated heterocycles. The minimum absolute atomic E-state index is 0.0221. The highest BCUT2D eigenvalue weighted by Crippen LogP contribution is 2.28. The first-order chi connectivity index (χ1) is 15.1. The van der Waals surface area contributed by atoms with Crippen molar-refractivity contribution >= 4 is 33.6 Å². The first-order valence-corrected chi connectivity index (χ1v) is 11.4. The van der Waals surface area contributed by atoms with Crippen molar-refractivity contribution in [2.75, 3.05) is 12.8 Å². The molecule has 0 aliphatic heterocycles. The molecule has 0 saturated carbocycles. The number of aromatic nitrogens is 4. The molecule has 0 aliphatic rings. The van der Waals surface area contributed by atoms with Crippen LogP contribution in [0.15, 0.2) is 88.8 Å². The van der Waals surface area contributed by atoms with E-state index in [2.05, 4.69) is 31.1 Å². The fraction of sp³-hybridized carbons (Fsp3) is 0.130. The Morgan fingerprint density at radius 3 is 2.45 bits per heavy atom. The molecule has 0 bridgehead atoms. The van der Waals surface area contributed by atoms with Crippen LogP contribution in [0.4, 0.5) is 0 Å². The van der Waals surface area contributed by atoms with Crippen molar-refractivity contribution < 1.29 is 4.79 Å². The number of para-hydroxylation sites is 1. The predicted octanol–water partition coefficient (Wildman–Crippen LogP) is 4.84. The number of halogens is 1. The quantitative estimate of drug-likeness (QED) is 0.344. The highest BCUT2D eigenvalue weighted by molar-refractivity contribution is 9.10. The van der Waals surface area contributed by atoms with Gasteiger partial charge in [-0.15, -0.1) is 10.2 Å². The molecule has 0 aliphatic carbocycles. The normalized spacial score (nSPS) is 10.8. The first kappa shape index (κ1) is 21.3. The molecule has 1 amide bonds. The van der Waals surface area contributed by atoms with Crippen LogP contribution in [0.1, 0.15) is 5.56 Å². The van der Waals surface area contributed by atoms with Gasteiger partial charge in [-0.3, -0.25) is 14.3 Å². The van der Waals surface area contributed by atoms with Crippen molar-refractivity contribution in [3.63, 3.8) is 0 Å². The highest BCUT2D eigenvalue weighted by Gasteiger charge is 2.18. The van der Waals surface area contributed by atoms with E-state index in [1.807, 2.05) is 78.3 Å². The molecule has 31 heavy (non-hydrogen) atoms. The summed E-state index contributed by atoms with van der Waals surface area (Å²) in [5.74, 6) is 1.00. The number of nitrogens with zero attached hydrogens (tertiary/aromatic N) is 5. The van der Waals surface area contributed by atoms with Crippen molar-refractivity contribution in [2.45, 2.75) is 11.7 Å². The number of thioether (sulfide) groups is 1. The zero-order valence-corrected chi connectivity index (χ0v) is 19.3. The van der Waals surface area contributed by atoms with Gasteiger partial charge in [-0.1, -0.05) is 64.1 Å². The molecular weight excluding hydrogens is 474 g/mol. The summed E-state index contributed by atoms with van der Waals surface area (Å²) in [6.07, 6.45) is 3.46. The minimum atomic E-state index is 0.0221. The zero-order chi connectivity index (χ0) is 21.6. The molecule has 2 heterocycles. The van der Waals surface area contributed by atoms with Crippen molar-refractivity contribution in [3.05, 3.63) is 89.2 Å². The van der Waals surface area contributed by atoms with E-state index in [0.717, 1.165) is 21.3 Å². The number of hydrogen-bond acceptors (Lipinski definition) is 5. The third-order valence-electron chi connectivity index (χ3n) is 4.70. The molecule has 0 N–H and O–H groups in total. The maximum Gasteiger partial charge on any atom is 0.233 e. The van der Waals surface area contributed by atoms with E-state index < -0.39 is 0 Å². The molecule has 0 fully saturated rings. The second-order valence-corrected chi connectivity index (χ2v) is 8.64. The molecule has 4 aromatic rings. The summed E-state index contributed by atoms with van der Waals surface area (Å²) in [5, 5.41) is 9.44. The van der Waals surface area contributed by atoms with Gasteiger partial charge < -0.3 is 4.90 Å². The van der Waals surface area contributed by atoms with Gasteiger partial charge in [0.2, 0.25) is 5.91 Å². The Balaban J connectivity index is 1.54. The lowest BCUT2D eigenvalue weighted by Gasteiger charge is -2.18. The predicted molar refractivity (Wildman–Crippen MR) is 126 cm³/mol. The maximum atomic E-state index is 12.8. The van der Waals surface area contributed by atoms with Crippen LogP contribution in [0.3, 0.4) is 0 Å². The van der Waals surface area contributed by atoms with Crippen LogP contribution >= 0.6 is 27.7 Å². The van der Waals surface area contributed by atoms with Gasteiger partial charge in [0.25, 0.3) is 0 Å². The molecule has 0 atom stereocenters. The SMILES string of the molecule is CN(Cc1ccccc1Br)C(=O)CSc1nnc(-c2ccncc2)n1-c1ccccc1. The third-order valence-corrected chi connectivity index (χ3v) is 6.39. The van der Waals surface area contributed by atoms with Crippen LogP contribution in [0.2, 0.25) is 0 Å². The molecule has 0 radical (unpaired) electrons. The number of benzene rings is 2. The number of amides is 1. The highest BCUT2D eigenvalue weighted by atomic mass is 79.9. The van der Waals surface area contributed by atoms with Crippen LogP contribution in [0, 0.1) is 0 Å². The van der Waals surface area contributed by atoms with Crippen LogP contribution in [0.25, 0.3) is 17.1 Å². The van der Waals surface area contributed by atoms with Gasteiger partial charge >= 0.3 is 0 Å². The van der Waals surface area contributed by atoms with Gasteiger partial charge in [0, 0.05) is 41.7 Å². The molecular formula is C23H20BrN5OS. The van der Waals surface area contributed by atoms with Crippen molar-refractivity contribution in [3.8, 4) is 17.1 Å². The molecule has 4 rings (SSSR count). The van der Waals surface area contributed by atoms with E-state index in [1.165, 1.54) is 11.8 Å². The number of rotatable bonds is 7. The standard InChI is InChI=1S/C23H20BrN5OS/c1-28(15-18-7-5-6-10-20(18)24)21(30)16-31-23-27-26-22(17-11-13-25-14-12-17)29(23)19-8-3-2-4-9-19/h2-14H,15-16H2,1H3. The first-order valence-electron chi connectivity index (χ1n) is 9.65. The average Bonchev–Trinajstić information content (AvgIpc) is 3.24. The lowest BCUT2D eigenvalue weighted by molar-refractivity contribution is -0.127. The molecule has 6 nitrogen and oxygen atoms in total. The summed E-state index contributed by atoms with van der Waals surface area (Å²) in [7, 11) is 1.81. The Morgan fingerprint density at radius 1 is 1.00 bits per heavy atom. The summed E-state index contributed by atoms with van der Waals surface area (Å²) in [6, 6.07) is 21.6. The van der Waals surface area contributed by atoms with Gasteiger partial charge in [0.1, 0.15) is 0 Å². The molecule has 0 unspecified atom stereocenters. The molecule has 156 valence electrons. The summed E-state index contributed by atoms with van der Waals surface area (Å²) >= 11 is 4.92. The summed E-state index contributed by atoms with van der Waals surface area (Å²) < 4.78 is 2.97. The fourth-order valence-electron chi connectivity index (χ4n) is 3.07. The largest absolute Gasteiger partial charge is 0.341 e. The number of pyridine rings is 1. The van der Waals surface area contributed by atoms with E-state index in [4.69, 9.17) is 0 Å². The average molecular weight is 494 g/mol. The zero-order valence-electron chi connectivity index (χ0n) is 16.9. The minimum Gasteiger partial charge on any atom is -0.341 e. The Morgan fingerprint density at radius 2 is 1.71 bits per heavy atom. The van der Waals surface area contributed by atoms with Gasteiger partial charge in [-0.2, -0.15) is 0 Å². The second-order valence-electron chi connectivity index (χ2n) is 6.84. The molecule has 8 heteroatoms. The molecule has 2 aromatic carbocycles. The Bertz CT molecular complexity index is 1170. The van der Waals surface area contributed by atoms with Gasteiger partial charge in [0.05, 0.1) is 5.75 Å². The summed E-state index contributed by atoms with van der Waals surface area (Å²) in [4.78, 5) is 18.6. The van der Waals surface area contributed by atoms with Gasteiger partial charge in [0.15, 0.2) is 11.0 Å². The van der Waals surface area contributed by atoms with E-state index in [0.29, 0.717) is 17.5 Å². The monoisotopic (exact) mass is 493 g/mol. The van der Waals surface area contributed by atoms with Crippen molar-refractivity contribution in [1.29, 1.82) is 0 Å². The van der Waals surface area contributed by atoms with Crippen molar-refractivity contribution in [2.24, 2.45) is 0 Å².